The molecule has 3 rings (SSSR count). The van der Waals surface area contributed by atoms with Crippen molar-refractivity contribution in [2.24, 2.45) is 5.73 Å². The highest BCUT2D eigenvalue weighted by Crippen LogP contribution is 2.25. The summed E-state index contributed by atoms with van der Waals surface area (Å²) in [5, 5.41) is 7.47. The van der Waals surface area contributed by atoms with Crippen LogP contribution in [-0.2, 0) is 9.53 Å². The summed E-state index contributed by atoms with van der Waals surface area (Å²) in [5.74, 6) is -0.276. The molecule has 0 bridgehead atoms. The van der Waals surface area contributed by atoms with E-state index < -0.39 is 0 Å². The first-order valence-corrected chi connectivity index (χ1v) is 9.45. The predicted octanol–water partition coefficient (Wildman–Crippen LogP) is 3.35. The Bertz CT molecular complexity index is 920. The van der Waals surface area contributed by atoms with E-state index in [-0.39, 0.29) is 30.8 Å². The fraction of sp³-hybridized carbons (Fsp3) is 0.227. The highest BCUT2D eigenvalue weighted by Gasteiger charge is 2.24. The van der Waals surface area contributed by atoms with Gasteiger partial charge in [0.1, 0.15) is 5.84 Å². The van der Waals surface area contributed by atoms with Gasteiger partial charge >= 0.3 is 12.0 Å². The minimum absolute atomic E-state index is 0.0380. The van der Waals surface area contributed by atoms with Gasteiger partial charge in [0.15, 0.2) is 0 Å². The number of rotatable bonds is 7. The first-order chi connectivity index (χ1) is 14.0. The Hall–Kier alpha value is -3.61. The molecule has 0 aliphatic carbocycles. The number of amidine groups is 1. The SMILES string of the molecule is CCOC(=O)CCN1C=CCN(c2ccc(-c3ccc(C(=N)N)cc3)cc2)C1=O. The molecule has 0 spiro atoms. The molecule has 1 aliphatic rings. The number of esters is 1. The fourth-order valence-electron chi connectivity index (χ4n) is 3.08. The van der Waals surface area contributed by atoms with Crippen LogP contribution in [0.15, 0.2) is 60.8 Å². The van der Waals surface area contributed by atoms with Crippen molar-refractivity contribution in [3.8, 4) is 11.1 Å². The molecule has 0 fully saturated rings. The Kier molecular flexibility index (Phi) is 6.29. The third-order valence-electron chi connectivity index (χ3n) is 4.62. The van der Waals surface area contributed by atoms with E-state index in [1.165, 1.54) is 4.90 Å². The van der Waals surface area contributed by atoms with E-state index in [4.69, 9.17) is 15.9 Å². The Morgan fingerprint density at radius 1 is 1.10 bits per heavy atom. The molecular weight excluding hydrogens is 368 g/mol. The highest BCUT2D eigenvalue weighted by molar-refractivity contribution is 5.96. The van der Waals surface area contributed by atoms with E-state index in [1.54, 1.807) is 18.0 Å². The van der Waals surface area contributed by atoms with Gasteiger partial charge in [-0.3, -0.25) is 15.1 Å². The molecule has 7 nitrogen and oxygen atoms in total. The second-order valence-corrected chi connectivity index (χ2v) is 6.56. The van der Waals surface area contributed by atoms with Crippen molar-refractivity contribution in [1.82, 2.24) is 4.90 Å². The van der Waals surface area contributed by atoms with Crippen LogP contribution in [0.5, 0.6) is 0 Å². The number of nitrogen functional groups attached to an aromatic ring is 1. The minimum Gasteiger partial charge on any atom is -0.466 e. The molecule has 0 saturated heterocycles. The van der Waals surface area contributed by atoms with Gasteiger partial charge in [-0.15, -0.1) is 0 Å². The summed E-state index contributed by atoms with van der Waals surface area (Å²) in [6.07, 6.45) is 3.76. The van der Waals surface area contributed by atoms with Crippen LogP contribution in [0.3, 0.4) is 0 Å². The lowest BCUT2D eigenvalue weighted by atomic mass is 10.0. The summed E-state index contributed by atoms with van der Waals surface area (Å²) in [4.78, 5) is 27.5. The van der Waals surface area contributed by atoms with Gasteiger partial charge in [-0.05, 0) is 36.3 Å². The average molecular weight is 392 g/mol. The molecule has 29 heavy (non-hydrogen) atoms. The largest absolute Gasteiger partial charge is 0.466 e. The number of nitrogens with zero attached hydrogens (tertiary/aromatic N) is 2. The molecule has 0 unspecified atom stereocenters. The molecule has 0 aromatic heterocycles. The number of hydrogen-bond donors (Lipinski definition) is 2. The van der Waals surface area contributed by atoms with Crippen molar-refractivity contribution in [2.75, 3.05) is 24.6 Å². The zero-order valence-electron chi connectivity index (χ0n) is 16.3. The normalized spacial score (nSPS) is 13.5. The smallest absolute Gasteiger partial charge is 0.328 e. The molecule has 0 radical (unpaired) electrons. The molecule has 2 amide bonds. The van der Waals surface area contributed by atoms with Crippen LogP contribution >= 0.6 is 0 Å². The van der Waals surface area contributed by atoms with Crippen LogP contribution in [0.1, 0.15) is 18.9 Å². The number of nitrogens with two attached hydrogens (primary N) is 1. The number of nitrogens with one attached hydrogen (secondary N) is 1. The summed E-state index contributed by atoms with van der Waals surface area (Å²) in [7, 11) is 0. The molecule has 3 N–H and O–H groups in total. The summed E-state index contributed by atoms with van der Waals surface area (Å²) < 4.78 is 4.92. The monoisotopic (exact) mass is 392 g/mol. The summed E-state index contributed by atoms with van der Waals surface area (Å²) in [6, 6.07) is 15.0. The lowest BCUT2D eigenvalue weighted by Crippen LogP contribution is -2.44. The van der Waals surface area contributed by atoms with E-state index in [0.717, 1.165) is 16.8 Å². The zero-order chi connectivity index (χ0) is 20.8. The van der Waals surface area contributed by atoms with Crippen molar-refractivity contribution in [3.05, 3.63) is 66.4 Å². The number of benzene rings is 2. The Labute approximate surface area is 169 Å². The third-order valence-corrected chi connectivity index (χ3v) is 4.62. The van der Waals surface area contributed by atoms with Crippen LogP contribution in [0.4, 0.5) is 10.5 Å². The standard InChI is InChI=1S/C22H24N4O3/c1-2-29-20(27)12-15-25-13-3-14-26(22(25)28)19-10-8-17(9-11-19)16-4-6-18(7-5-16)21(23)24/h3-11,13H,2,12,14-15H2,1H3,(H3,23,24). The first kappa shape index (κ1) is 20.1. The number of urea groups is 1. The third kappa shape index (κ3) is 4.82. The second kappa shape index (κ2) is 9.05. The maximum Gasteiger partial charge on any atom is 0.328 e. The van der Waals surface area contributed by atoms with Crippen LogP contribution < -0.4 is 10.6 Å². The van der Waals surface area contributed by atoms with Crippen molar-refractivity contribution in [2.45, 2.75) is 13.3 Å². The second-order valence-electron chi connectivity index (χ2n) is 6.56. The number of carbonyl (C=O) groups excluding carboxylic acids is 2. The van der Waals surface area contributed by atoms with Crippen molar-refractivity contribution in [3.63, 3.8) is 0 Å². The van der Waals surface area contributed by atoms with E-state index >= 15 is 0 Å². The first-order valence-electron chi connectivity index (χ1n) is 9.45. The van der Waals surface area contributed by atoms with Crippen LogP contribution in [0.2, 0.25) is 0 Å². The minimum atomic E-state index is -0.314. The van der Waals surface area contributed by atoms with Gasteiger partial charge < -0.3 is 15.4 Å². The number of hydrogen-bond acceptors (Lipinski definition) is 4. The molecule has 2 aromatic rings. The van der Waals surface area contributed by atoms with Gasteiger partial charge in [0, 0.05) is 30.5 Å². The maximum atomic E-state index is 12.8. The maximum absolute atomic E-state index is 12.8. The van der Waals surface area contributed by atoms with Crippen molar-refractivity contribution in [1.29, 1.82) is 5.41 Å². The van der Waals surface area contributed by atoms with E-state index in [9.17, 15) is 9.59 Å². The van der Waals surface area contributed by atoms with Crippen LogP contribution in [-0.4, -0.2) is 42.4 Å². The quantitative estimate of drug-likeness (QED) is 0.429. The van der Waals surface area contributed by atoms with Gasteiger partial charge in [-0.25, -0.2) is 4.79 Å². The van der Waals surface area contributed by atoms with E-state index in [1.807, 2.05) is 54.6 Å². The number of amides is 2. The topological polar surface area (TPSA) is 99.7 Å². The van der Waals surface area contributed by atoms with Crippen LogP contribution in [0, 0.1) is 5.41 Å². The predicted molar refractivity (Wildman–Crippen MR) is 113 cm³/mol. The molecule has 7 heteroatoms. The average Bonchev–Trinajstić information content (AvgIpc) is 2.73. The van der Waals surface area contributed by atoms with Gasteiger partial charge in [0.2, 0.25) is 0 Å². The number of ether oxygens (including phenoxy) is 1. The van der Waals surface area contributed by atoms with E-state index in [2.05, 4.69) is 0 Å². The van der Waals surface area contributed by atoms with Gasteiger partial charge in [0.05, 0.1) is 13.0 Å². The van der Waals surface area contributed by atoms with Crippen molar-refractivity contribution < 1.29 is 14.3 Å². The number of carbonyl (C=O) groups is 2. The van der Waals surface area contributed by atoms with E-state index in [0.29, 0.717) is 18.7 Å². The zero-order valence-corrected chi connectivity index (χ0v) is 16.3. The molecule has 0 saturated carbocycles. The Morgan fingerprint density at radius 3 is 2.31 bits per heavy atom. The number of anilines is 1. The fourth-order valence-corrected chi connectivity index (χ4v) is 3.08. The van der Waals surface area contributed by atoms with Crippen molar-refractivity contribution >= 4 is 23.5 Å². The lowest BCUT2D eigenvalue weighted by molar-refractivity contribution is -0.143. The summed E-state index contributed by atoms with van der Waals surface area (Å²) in [6.45, 7) is 2.85. The molecule has 0 atom stereocenters. The molecule has 2 aromatic carbocycles. The Morgan fingerprint density at radius 2 is 1.72 bits per heavy atom. The molecule has 1 heterocycles. The lowest BCUT2D eigenvalue weighted by Gasteiger charge is -2.31. The van der Waals surface area contributed by atoms with Crippen LogP contribution in [0.25, 0.3) is 11.1 Å². The molecular formula is C22H24N4O3. The van der Waals surface area contributed by atoms with Gasteiger partial charge in [-0.1, -0.05) is 36.4 Å². The van der Waals surface area contributed by atoms with Gasteiger partial charge in [-0.2, -0.15) is 0 Å². The van der Waals surface area contributed by atoms with Gasteiger partial charge in [0.25, 0.3) is 0 Å². The molecule has 1 aliphatic heterocycles. The Balaban J connectivity index is 1.69. The summed E-state index contributed by atoms with van der Waals surface area (Å²) >= 11 is 0. The molecule has 150 valence electrons. The highest BCUT2D eigenvalue weighted by atomic mass is 16.5. The summed E-state index contributed by atoms with van der Waals surface area (Å²) in [5.41, 5.74) is 8.96.